The van der Waals surface area contributed by atoms with Crippen LogP contribution in [0.3, 0.4) is 0 Å². The molecule has 0 spiro atoms. The van der Waals surface area contributed by atoms with Gasteiger partial charge in [-0.25, -0.2) is 4.98 Å². The molecule has 162 valence electrons. The first-order chi connectivity index (χ1) is 14.8. The minimum atomic E-state index is -4.64. The third kappa shape index (κ3) is 6.40. The Bertz CT molecular complexity index is 1080. The predicted octanol–water partition coefficient (Wildman–Crippen LogP) is 4.96. The second-order valence-corrected chi connectivity index (χ2v) is 7.05. The highest BCUT2D eigenvalue weighted by Crippen LogP contribution is 2.28. The standard InChI is InChI=1S/C19H17ClN4O.C2HF3O/c20-17-10-21-19-23-15-3-1-2-12(8-15)4-5-13-9-16(22-18(17)24-19)7-6-14(13)11-25;3-2(4,5)1-6/h1-3,6-10,25H,4-5,11H2,(H2,21,22,23,24);1H. The van der Waals surface area contributed by atoms with Crippen LogP contribution in [-0.4, -0.2) is 27.5 Å². The molecule has 1 aliphatic heterocycles. The van der Waals surface area contributed by atoms with Crippen LogP contribution < -0.4 is 10.6 Å². The molecule has 6 nitrogen and oxygen atoms in total. The fraction of sp³-hybridized carbons (Fsp3) is 0.190. The number of anilines is 4. The number of alkyl halides is 3. The number of carbonyl (C=O) groups is 1. The average Bonchev–Trinajstić information content (AvgIpc) is 2.75. The van der Waals surface area contributed by atoms with Gasteiger partial charge in [-0.1, -0.05) is 29.8 Å². The first-order valence-corrected chi connectivity index (χ1v) is 9.56. The highest BCUT2D eigenvalue weighted by molar-refractivity contribution is 6.32. The Kier molecular flexibility index (Phi) is 7.09. The van der Waals surface area contributed by atoms with Gasteiger partial charge >= 0.3 is 6.18 Å². The summed E-state index contributed by atoms with van der Waals surface area (Å²) in [5.41, 5.74) is 5.06. The van der Waals surface area contributed by atoms with Crippen molar-refractivity contribution in [2.75, 3.05) is 10.6 Å². The Hall–Kier alpha value is -3.17. The molecular weight excluding hydrogens is 433 g/mol. The van der Waals surface area contributed by atoms with Crippen LogP contribution in [0.2, 0.25) is 5.02 Å². The van der Waals surface area contributed by atoms with Gasteiger partial charge < -0.3 is 15.7 Å². The number of fused-ring (bicyclic) bond motifs is 6. The number of aldehydes is 1. The first-order valence-electron chi connectivity index (χ1n) is 9.18. The second-order valence-electron chi connectivity index (χ2n) is 6.64. The topological polar surface area (TPSA) is 87.1 Å². The second kappa shape index (κ2) is 9.76. The van der Waals surface area contributed by atoms with Crippen molar-refractivity contribution in [3.63, 3.8) is 0 Å². The van der Waals surface area contributed by atoms with Gasteiger partial charge in [-0.3, -0.25) is 4.79 Å². The summed E-state index contributed by atoms with van der Waals surface area (Å²) in [6.07, 6.45) is -2.41. The van der Waals surface area contributed by atoms with Gasteiger partial charge in [0.1, 0.15) is 5.02 Å². The summed E-state index contributed by atoms with van der Waals surface area (Å²) < 4.78 is 31.2. The number of hydrogen-bond acceptors (Lipinski definition) is 6. The van der Waals surface area contributed by atoms with E-state index < -0.39 is 12.5 Å². The van der Waals surface area contributed by atoms with Gasteiger partial charge in [0.15, 0.2) is 5.82 Å². The molecule has 0 saturated heterocycles. The summed E-state index contributed by atoms with van der Waals surface area (Å²) in [5, 5.41) is 16.5. The molecule has 3 aromatic rings. The zero-order valence-corrected chi connectivity index (χ0v) is 16.8. The Morgan fingerprint density at radius 3 is 2.55 bits per heavy atom. The molecule has 1 aliphatic rings. The molecule has 0 radical (unpaired) electrons. The summed E-state index contributed by atoms with van der Waals surface area (Å²) >= 11 is 6.24. The number of aromatic nitrogens is 2. The van der Waals surface area contributed by atoms with Crippen molar-refractivity contribution in [1.29, 1.82) is 0 Å². The van der Waals surface area contributed by atoms with Crippen molar-refractivity contribution >= 4 is 41.0 Å². The molecule has 0 atom stereocenters. The SMILES string of the molecule is O=CC(F)(F)F.OCc1ccc2cc1CCc1cccc(c1)Nc1ncc(Cl)c(n1)N2. The summed E-state index contributed by atoms with van der Waals surface area (Å²) in [4.78, 5) is 17.4. The van der Waals surface area contributed by atoms with Gasteiger partial charge in [-0.2, -0.15) is 18.2 Å². The van der Waals surface area contributed by atoms with E-state index in [1.807, 2.05) is 30.3 Å². The van der Waals surface area contributed by atoms with Crippen LogP contribution in [0.4, 0.5) is 36.3 Å². The van der Waals surface area contributed by atoms with Crippen LogP contribution in [0.1, 0.15) is 16.7 Å². The Balaban J connectivity index is 0.000000401. The number of halogens is 4. The van der Waals surface area contributed by atoms with Gasteiger partial charge in [-0.05, 0) is 53.8 Å². The molecule has 0 saturated carbocycles. The van der Waals surface area contributed by atoms with Crippen molar-refractivity contribution < 1.29 is 23.1 Å². The Morgan fingerprint density at radius 2 is 1.84 bits per heavy atom. The van der Waals surface area contributed by atoms with Gasteiger partial charge in [0.25, 0.3) is 0 Å². The van der Waals surface area contributed by atoms with Crippen LogP contribution in [0, 0.1) is 0 Å². The third-order valence-corrected chi connectivity index (χ3v) is 4.66. The number of hydrogen-bond donors (Lipinski definition) is 3. The zero-order chi connectivity index (χ0) is 22.4. The number of rotatable bonds is 1. The summed E-state index contributed by atoms with van der Waals surface area (Å²) in [6.45, 7) is 0.0234. The molecule has 2 heterocycles. The predicted molar refractivity (Wildman–Crippen MR) is 112 cm³/mol. The number of nitrogens with one attached hydrogen (secondary N) is 2. The fourth-order valence-electron chi connectivity index (χ4n) is 2.96. The van der Waals surface area contributed by atoms with E-state index in [4.69, 9.17) is 16.4 Å². The van der Waals surface area contributed by atoms with Crippen LogP contribution in [0.5, 0.6) is 0 Å². The highest BCUT2D eigenvalue weighted by Gasteiger charge is 2.24. The lowest BCUT2D eigenvalue weighted by Gasteiger charge is -2.12. The first kappa shape index (κ1) is 22.5. The lowest BCUT2D eigenvalue weighted by molar-refractivity contribution is -0.156. The van der Waals surface area contributed by atoms with Crippen molar-refractivity contribution in [2.45, 2.75) is 25.6 Å². The monoisotopic (exact) mass is 450 g/mol. The van der Waals surface area contributed by atoms with E-state index in [1.54, 1.807) is 6.20 Å². The van der Waals surface area contributed by atoms with E-state index in [2.05, 4.69) is 32.7 Å². The van der Waals surface area contributed by atoms with E-state index in [0.717, 1.165) is 35.3 Å². The molecule has 10 heteroatoms. The lowest BCUT2D eigenvalue weighted by Crippen LogP contribution is -2.07. The molecule has 0 aliphatic carbocycles. The Morgan fingerprint density at radius 1 is 1.10 bits per heavy atom. The Labute approximate surface area is 181 Å². The number of nitrogens with zero attached hydrogens (tertiary/aromatic N) is 2. The highest BCUT2D eigenvalue weighted by atomic mass is 35.5. The van der Waals surface area contributed by atoms with Crippen molar-refractivity contribution in [1.82, 2.24) is 9.97 Å². The number of aliphatic hydroxyl groups excluding tert-OH is 1. The molecule has 2 aromatic carbocycles. The maximum atomic E-state index is 10.4. The smallest absolute Gasteiger partial charge is 0.392 e. The molecule has 1 aromatic heterocycles. The van der Waals surface area contributed by atoms with Crippen LogP contribution in [0.15, 0.2) is 48.7 Å². The van der Waals surface area contributed by atoms with E-state index in [1.165, 1.54) is 5.56 Å². The molecule has 0 fully saturated rings. The molecule has 6 bridgehead atoms. The van der Waals surface area contributed by atoms with Crippen molar-refractivity contribution in [3.8, 4) is 0 Å². The van der Waals surface area contributed by atoms with E-state index >= 15 is 0 Å². The van der Waals surface area contributed by atoms with Crippen molar-refractivity contribution in [2.24, 2.45) is 0 Å². The molecule has 4 rings (SSSR count). The fourth-order valence-corrected chi connectivity index (χ4v) is 3.09. The minimum absolute atomic E-state index is 0.0234. The summed E-state index contributed by atoms with van der Waals surface area (Å²) in [5.74, 6) is 1.02. The molecule has 31 heavy (non-hydrogen) atoms. The van der Waals surface area contributed by atoms with E-state index in [-0.39, 0.29) is 6.61 Å². The van der Waals surface area contributed by atoms with Gasteiger partial charge in [0.05, 0.1) is 12.8 Å². The van der Waals surface area contributed by atoms with Gasteiger partial charge in [0.2, 0.25) is 12.2 Å². The number of carbonyl (C=O) groups excluding carboxylic acids is 1. The number of aryl methyl sites for hydroxylation is 2. The normalized spacial score (nSPS) is 12.5. The minimum Gasteiger partial charge on any atom is -0.392 e. The zero-order valence-electron chi connectivity index (χ0n) is 16.1. The maximum Gasteiger partial charge on any atom is 0.446 e. The number of aliphatic hydroxyl groups is 1. The summed E-state index contributed by atoms with van der Waals surface area (Å²) in [6, 6.07) is 14.1. The lowest BCUT2D eigenvalue weighted by atomic mass is 9.99. The molecular formula is C21H18ClF3N4O2. The largest absolute Gasteiger partial charge is 0.446 e. The average molecular weight is 451 g/mol. The molecule has 0 unspecified atom stereocenters. The molecule has 3 N–H and O–H groups in total. The van der Waals surface area contributed by atoms with E-state index in [9.17, 15) is 18.3 Å². The van der Waals surface area contributed by atoms with Crippen molar-refractivity contribution in [3.05, 3.63) is 70.4 Å². The summed E-state index contributed by atoms with van der Waals surface area (Å²) in [7, 11) is 0. The van der Waals surface area contributed by atoms with Crippen LogP contribution in [0.25, 0.3) is 0 Å². The van der Waals surface area contributed by atoms with Crippen LogP contribution in [-0.2, 0) is 24.2 Å². The number of benzene rings is 2. The van der Waals surface area contributed by atoms with E-state index in [0.29, 0.717) is 16.8 Å². The molecule has 0 amide bonds. The maximum absolute atomic E-state index is 10.4. The van der Waals surface area contributed by atoms with Gasteiger partial charge in [-0.15, -0.1) is 0 Å². The van der Waals surface area contributed by atoms with Crippen LogP contribution >= 0.6 is 11.6 Å². The van der Waals surface area contributed by atoms with Gasteiger partial charge in [0, 0.05) is 11.4 Å². The third-order valence-electron chi connectivity index (χ3n) is 4.38. The quantitative estimate of drug-likeness (QED) is 0.454.